The molecule has 0 bridgehead atoms. The quantitative estimate of drug-likeness (QED) is 0.781. The van der Waals surface area contributed by atoms with Crippen LogP contribution in [0.4, 0.5) is 5.69 Å². The van der Waals surface area contributed by atoms with Gasteiger partial charge in [0.2, 0.25) is 15.9 Å². The van der Waals surface area contributed by atoms with Crippen molar-refractivity contribution in [3.05, 3.63) is 35.9 Å². The number of carbonyl (C=O) groups is 1. The molecule has 0 aliphatic carbocycles. The first-order valence-electron chi connectivity index (χ1n) is 7.33. The molecule has 5 nitrogen and oxygen atoms in total. The smallest absolute Gasteiger partial charge is 0.243 e. The molecule has 1 aliphatic rings. The number of anilines is 1. The molecule has 0 atom stereocenters. The zero-order valence-electron chi connectivity index (χ0n) is 13.3. The highest BCUT2D eigenvalue weighted by Gasteiger charge is 2.27. The minimum Gasteiger partial charge on any atom is -0.312 e. The van der Waals surface area contributed by atoms with Crippen molar-refractivity contribution in [2.45, 2.75) is 32.1 Å². The number of hydrogen-bond acceptors (Lipinski definition) is 3. The monoisotopic (exact) mass is 322 g/mol. The first-order chi connectivity index (χ1) is 10.3. The largest absolute Gasteiger partial charge is 0.312 e. The van der Waals surface area contributed by atoms with E-state index in [2.05, 4.69) is 6.58 Å². The Morgan fingerprint density at radius 1 is 1.36 bits per heavy atom. The predicted octanol–water partition coefficient (Wildman–Crippen LogP) is 2.18. The molecule has 1 aliphatic heterocycles. The number of fused-ring (bicyclic) bond motifs is 1. The topological polar surface area (TPSA) is 57.7 Å². The predicted molar refractivity (Wildman–Crippen MR) is 87.4 cm³/mol. The van der Waals surface area contributed by atoms with E-state index in [4.69, 9.17) is 0 Å². The molecule has 0 N–H and O–H groups in total. The molecule has 1 aromatic carbocycles. The fraction of sp³-hybridized carbons (Fsp3) is 0.438. The van der Waals surface area contributed by atoms with Gasteiger partial charge in [0.1, 0.15) is 0 Å². The molecule has 0 fully saturated rings. The molecule has 0 aromatic heterocycles. The molecule has 0 saturated carbocycles. The van der Waals surface area contributed by atoms with Crippen molar-refractivity contribution in [1.29, 1.82) is 0 Å². The van der Waals surface area contributed by atoms with Gasteiger partial charge in [-0.2, -0.15) is 4.31 Å². The lowest BCUT2D eigenvalue weighted by atomic mass is 10.2. The van der Waals surface area contributed by atoms with Gasteiger partial charge in [-0.3, -0.25) is 4.79 Å². The first-order valence-corrected chi connectivity index (χ1v) is 8.77. The average Bonchev–Trinajstić information content (AvgIpc) is 2.87. The van der Waals surface area contributed by atoms with Crippen molar-refractivity contribution in [3.8, 4) is 0 Å². The molecule has 120 valence electrons. The zero-order valence-corrected chi connectivity index (χ0v) is 14.1. The van der Waals surface area contributed by atoms with E-state index in [0.29, 0.717) is 26.1 Å². The SMILES string of the molecule is C=C(C)CN(CC)S(=O)(=O)c1ccc2c(c1)CCN2C(C)=O. The van der Waals surface area contributed by atoms with Crippen molar-refractivity contribution < 1.29 is 13.2 Å². The molecule has 2 rings (SSSR count). The molecule has 0 spiro atoms. The van der Waals surface area contributed by atoms with Crippen LogP contribution in [0.5, 0.6) is 0 Å². The highest BCUT2D eigenvalue weighted by molar-refractivity contribution is 7.89. The number of hydrogen-bond donors (Lipinski definition) is 0. The summed E-state index contributed by atoms with van der Waals surface area (Å²) in [7, 11) is -3.54. The summed E-state index contributed by atoms with van der Waals surface area (Å²) >= 11 is 0. The number of rotatable bonds is 5. The van der Waals surface area contributed by atoms with Crippen molar-refractivity contribution >= 4 is 21.6 Å². The summed E-state index contributed by atoms with van der Waals surface area (Å²) in [5, 5.41) is 0. The Balaban J connectivity index is 2.38. The first kappa shape index (κ1) is 16.7. The third-order valence-corrected chi connectivity index (χ3v) is 5.68. The third kappa shape index (κ3) is 3.08. The maximum absolute atomic E-state index is 12.7. The second-order valence-electron chi connectivity index (χ2n) is 5.60. The number of benzene rings is 1. The Labute approximate surface area is 132 Å². The van der Waals surface area contributed by atoms with Crippen LogP contribution in [0.15, 0.2) is 35.2 Å². The summed E-state index contributed by atoms with van der Waals surface area (Å²) in [4.78, 5) is 13.5. The Bertz CT molecular complexity index is 710. The van der Waals surface area contributed by atoms with Crippen molar-refractivity contribution in [2.24, 2.45) is 0 Å². The molecule has 6 heteroatoms. The molecule has 0 radical (unpaired) electrons. The lowest BCUT2D eigenvalue weighted by Crippen LogP contribution is -2.32. The minimum absolute atomic E-state index is 0.0215. The van der Waals surface area contributed by atoms with Gasteiger partial charge >= 0.3 is 0 Å². The van der Waals surface area contributed by atoms with Crippen molar-refractivity contribution in [2.75, 3.05) is 24.5 Å². The van der Waals surface area contributed by atoms with E-state index in [0.717, 1.165) is 16.8 Å². The molecule has 1 amide bonds. The number of carbonyl (C=O) groups excluding carboxylic acids is 1. The number of sulfonamides is 1. The Kier molecular flexibility index (Phi) is 4.72. The van der Waals surface area contributed by atoms with Gasteiger partial charge in [0.15, 0.2) is 0 Å². The normalized spacial score (nSPS) is 14.3. The molecule has 1 aromatic rings. The van der Waals surface area contributed by atoms with Gasteiger partial charge in [-0.05, 0) is 37.1 Å². The lowest BCUT2D eigenvalue weighted by molar-refractivity contribution is -0.116. The second kappa shape index (κ2) is 6.22. The summed E-state index contributed by atoms with van der Waals surface area (Å²) in [6.45, 7) is 10.2. The van der Waals surface area contributed by atoms with Gasteiger partial charge < -0.3 is 4.90 Å². The van der Waals surface area contributed by atoms with Crippen molar-refractivity contribution in [3.63, 3.8) is 0 Å². The Hall–Kier alpha value is -1.66. The van der Waals surface area contributed by atoms with E-state index in [9.17, 15) is 13.2 Å². The van der Waals surface area contributed by atoms with Crippen LogP contribution >= 0.6 is 0 Å². The van der Waals surface area contributed by atoms with Crippen LogP contribution in [0, 0.1) is 0 Å². The van der Waals surface area contributed by atoms with Gasteiger partial charge in [0, 0.05) is 32.2 Å². The molecule has 0 saturated heterocycles. The number of likely N-dealkylation sites (N-methyl/N-ethyl adjacent to an activating group) is 1. The van der Waals surface area contributed by atoms with Crippen LogP contribution in [0.25, 0.3) is 0 Å². The molecule has 1 heterocycles. The molecule has 0 unspecified atom stereocenters. The number of nitrogens with zero attached hydrogens (tertiary/aromatic N) is 2. The summed E-state index contributed by atoms with van der Waals surface area (Å²) < 4.78 is 26.8. The lowest BCUT2D eigenvalue weighted by Gasteiger charge is -2.21. The van der Waals surface area contributed by atoms with Crippen LogP contribution in [-0.4, -0.2) is 38.3 Å². The van der Waals surface area contributed by atoms with E-state index in [1.807, 2.05) is 13.8 Å². The van der Waals surface area contributed by atoms with E-state index >= 15 is 0 Å². The molecular formula is C16H22N2O3S. The van der Waals surface area contributed by atoms with Gasteiger partial charge in [-0.15, -0.1) is 0 Å². The van der Waals surface area contributed by atoms with E-state index in [1.165, 1.54) is 11.2 Å². The summed E-state index contributed by atoms with van der Waals surface area (Å²) in [6, 6.07) is 5.00. The van der Waals surface area contributed by atoms with Gasteiger partial charge in [-0.25, -0.2) is 8.42 Å². The minimum atomic E-state index is -3.54. The average molecular weight is 322 g/mol. The summed E-state index contributed by atoms with van der Waals surface area (Å²) in [5.74, 6) is -0.0215. The molecular weight excluding hydrogens is 300 g/mol. The Morgan fingerprint density at radius 3 is 2.59 bits per heavy atom. The van der Waals surface area contributed by atoms with Crippen LogP contribution in [0.1, 0.15) is 26.3 Å². The summed E-state index contributed by atoms with van der Waals surface area (Å²) in [5.41, 5.74) is 2.52. The highest BCUT2D eigenvalue weighted by Crippen LogP contribution is 2.31. The fourth-order valence-electron chi connectivity index (χ4n) is 2.68. The highest BCUT2D eigenvalue weighted by atomic mass is 32.2. The maximum atomic E-state index is 12.7. The van der Waals surface area contributed by atoms with Crippen LogP contribution in [0.3, 0.4) is 0 Å². The fourth-order valence-corrected chi connectivity index (χ4v) is 4.24. The van der Waals surface area contributed by atoms with Crippen LogP contribution in [-0.2, 0) is 21.2 Å². The van der Waals surface area contributed by atoms with Gasteiger partial charge in [-0.1, -0.05) is 19.1 Å². The van der Waals surface area contributed by atoms with Gasteiger partial charge in [0.25, 0.3) is 0 Å². The summed E-state index contributed by atoms with van der Waals surface area (Å²) in [6.07, 6.45) is 0.685. The molecule has 22 heavy (non-hydrogen) atoms. The third-order valence-electron chi connectivity index (χ3n) is 3.76. The Morgan fingerprint density at radius 2 is 2.05 bits per heavy atom. The van der Waals surface area contributed by atoms with Crippen LogP contribution in [0.2, 0.25) is 0 Å². The van der Waals surface area contributed by atoms with E-state index in [-0.39, 0.29) is 10.8 Å². The van der Waals surface area contributed by atoms with E-state index < -0.39 is 10.0 Å². The second-order valence-corrected chi connectivity index (χ2v) is 7.54. The zero-order chi connectivity index (χ0) is 16.5. The number of amides is 1. The van der Waals surface area contributed by atoms with Crippen molar-refractivity contribution in [1.82, 2.24) is 4.31 Å². The maximum Gasteiger partial charge on any atom is 0.243 e. The van der Waals surface area contributed by atoms with E-state index in [1.54, 1.807) is 23.1 Å². The van der Waals surface area contributed by atoms with Gasteiger partial charge in [0.05, 0.1) is 4.90 Å². The standard InChI is InChI=1S/C16H22N2O3S/c1-5-17(11-12(2)3)22(20,21)15-6-7-16-14(10-15)8-9-18(16)13(4)19/h6-7,10H,2,5,8-9,11H2,1,3-4H3. The van der Waals surface area contributed by atoms with Crippen LogP contribution < -0.4 is 4.90 Å².